The van der Waals surface area contributed by atoms with Crippen LogP contribution in [0.3, 0.4) is 0 Å². The lowest BCUT2D eigenvalue weighted by atomic mass is 10.3. The molecule has 0 saturated carbocycles. The third-order valence-corrected chi connectivity index (χ3v) is 4.09. The lowest BCUT2D eigenvalue weighted by Crippen LogP contribution is -2.34. The summed E-state index contributed by atoms with van der Waals surface area (Å²) in [5.41, 5.74) is 0. The number of carbonyl (C=O) groups excluding carboxylic acids is 1. The molecule has 0 amide bonds. The Labute approximate surface area is 85.6 Å². The van der Waals surface area contributed by atoms with Crippen LogP contribution in [-0.4, -0.2) is 31.0 Å². The van der Waals surface area contributed by atoms with Crippen molar-refractivity contribution in [2.75, 3.05) is 5.75 Å². The second-order valence-electron chi connectivity index (χ2n) is 4.41. The Morgan fingerprint density at radius 3 is 2.00 bits per heavy atom. The maximum atomic E-state index is 11.5. The molecule has 14 heavy (non-hydrogen) atoms. The molecule has 0 radical (unpaired) electrons. The molecular weight excluding hydrogens is 204 g/mol. The van der Waals surface area contributed by atoms with Gasteiger partial charge in [-0.05, 0) is 34.6 Å². The van der Waals surface area contributed by atoms with E-state index in [0.29, 0.717) is 0 Å². The predicted octanol–water partition coefficient (Wildman–Crippen LogP) is 1.15. The van der Waals surface area contributed by atoms with Crippen LogP contribution < -0.4 is 0 Å². The average Bonchev–Trinajstić information content (AvgIpc) is 1.79. The zero-order chi connectivity index (χ0) is 11.6. The number of hydrogen-bond donors (Lipinski definition) is 0. The third-order valence-electron chi connectivity index (χ3n) is 1.61. The molecule has 0 aromatic heterocycles. The highest BCUT2D eigenvalue weighted by atomic mass is 32.2. The van der Waals surface area contributed by atoms with E-state index in [1.54, 1.807) is 34.6 Å². The van der Waals surface area contributed by atoms with Crippen LogP contribution >= 0.6 is 0 Å². The van der Waals surface area contributed by atoms with E-state index in [1.807, 2.05) is 0 Å². The molecule has 4 nitrogen and oxygen atoms in total. The Morgan fingerprint density at radius 1 is 1.29 bits per heavy atom. The van der Waals surface area contributed by atoms with Crippen LogP contribution in [0.1, 0.15) is 34.6 Å². The van der Waals surface area contributed by atoms with Crippen molar-refractivity contribution >= 4 is 15.8 Å². The van der Waals surface area contributed by atoms with Crippen molar-refractivity contribution in [1.29, 1.82) is 0 Å². The van der Waals surface area contributed by atoms with Crippen molar-refractivity contribution in [3.63, 3.8) is 0 Å². The molecule has 0 rings (SSSR count). The number of sulfone groups is 1. The second-order valence-corrected chi connectivity index (χ2v) is 7.15. The summed E-state index contributed by atoms with van der Waals surface area (Å²) in [6.07, 6.45) is -0.280. The molecule has 0 aliphatic rings. The van der Waals surface area contributed by atoms with Crippen molar-refractivity contribution in [3.8, 4) is 0 Å². The van der Waals surface area contributed by atoms with E-state index in [0.717, 1.165) is 0 Å². The second kappa shape index (κ2) is 4.29. The van der Waals surface area contributed by atoms with Crippen molar-refractivity contribution in [2.24, 2.45) is 0 Å². The number of carbonyl (C=O) groups is 1. The van der Waals surface area contributed by atoms with E-state index in [9.17, 15) is 13.2 Å². The lowest BCUT2D eigenvalue weighted by Gasteiger charge is -2.18. The predicted molar refractivity (Wildman–Crippen MR) is 54.8 cm³/mol. The molecule has 0 heterocycles. The molecule has 0 spiro atoms. The number of hydrogen-bond acceptors (Lipinski definition) is 4. The lowest BCUT2D eigenvalue weighted by molar-refractivity contribution is -0.144. The fourth-order valence-corrected chi connectivity index (χ4v) is 1.48. The van der Waals surface area contributed by atoms with Crippen LogP contribution in [0.4, 0.5) is 0 Å². The highest BCUT2D eigenvalue weighted by molar-refractivity contribution is 7.93. The SMILES string of the molecule is CC(C)OC(=O)CS(=O)(=O)C(C)(C)C. The first-order valence-corrected chi connectivity index (χ1v) is 6.13. The summed E-state index contributed by atoms with van der Waals surface area (Å²) in [4.78, 5) is 11.1. The number of esters is 1. The van der Waals surface area contributed by atoms with Crippen LogP contribution in [0.25, 0.3) is 0 Å². The van der Waals surface area contributed by atoms with Gasteiger partial charge in [0.25, 0.3) is 0 Å². The highest BCUT2D eigenvalue weighted by Gasteiger charge is 2.31. The van der Waals surface area contributed by atoms with Gasteiger partial charge in [-0.1, -0.05) is 0 Å². The van der Waals surface area contributed by atoms with E-state index in [4.69, 9.17) is 4.74 Å². The van der Waals surface area contributed by atoms with Gasteiger partial charge in [0.2, 0.25) is 0 Å². The van der Waals surface area contributed by atoms with E-state index >= 15 is 0 Å². The van der Waals surface area contributed by atoms with E-state index in [-0.39, 0.29) is 6.10 Å². The minimum atomic E-state index is -3.42. The normalized spacial score (nSPS) is 13.0. The Kier molecular flexibility index (Phi) is 4.12. The summed E-state index contributed by atoms with van der Waals surface area (Å²) in [6.45, 7) is 8.05. The van der Waals surface area contributed by atoms with Crippen molar-refractivity contribution in [1.82, 2.24) is 0 Å². The summed E-state index contributed by atoms with van der Waals surface area (Å²) in [5, 5.41) is 0. The fourth-order valence-electron chi connectivity index (χ4n) is 0.669. The summed E-state index contributed by atoms with van der Waals surface area (Å²) >= 11 is 0. The Morgan fingerprint density at radius 2 is 1.71 bits per heavy atom. The van der Waals surface area contributed by atoms with Gasteiger partial charge in [0.15, 0.2) is 9.84 Å². The molecule has 0 aliphatic carbocycles. The zero-order valence-electron chi connectivity index (χ0n) is 9.33. The number of rotatable bonds is 3. The van der Waals surface area contributed by atoms with Crippen molar-refractivity contribution in [3.05, 3.63) is 0 Å². The summed E-state index contributed by atoms with van der Waals surface area (Å²) < 4.78 is 26.9. The van der Waals surface area contributed by atoms with Gasteiger partial charge in [0.05, 0.1) is 10.9 Å². The largest absolute Gasteiger partial charge is 0.462 e. The minimum Gasteiger partial charge on any atom is -0.462 e. The quantitative estimate of drug-likeness (QED) is 0.672. The topological polar surface area (TPSA) is 60.4 Å². The molecule has 5 heteroatoms. The maximum Gasteiger partial charge on any atom is 0.321 e. The Hall–Kier alpha value is -0.580. The van der Waals surface area contributed by atoms with Gasteiger partial charge in [0, 0.05) is 0 Å². The number of ether oxygens (including phenoxy) is 1. The highest BCUT2D eigenvalue weighted by Crippen LogP contribution is 2.16. The van der Waals surface area contributed by atoms with Crippen molar-refractivity contribution < 1.29 is 17.9 Å². The van der Waals surface area contributed by atoms with Gasteiger partial charge in [-0.3, -0.25) is 4.79 Å². The van der Waals surface area contributed by atoms with Gasteiger partial charge < -0.3 is 4.74 Å². The van der Waals surface area contributed by atoms with Gasteiger partial charge in [-0.15, -0.1) is 0 Å². The monoisotopic (exact) mass is 222 g/mol. The maximum absolute atomic E-state index is 11.5. The Balaban J connectivity index is 4.48. The van der Waals surface area contributed by atoms with Crippen LogP contribution in [0, 0.1) is 0 Å². The standard InChI is InChI=1S/C9H18O4S/c1-7(2)13-8(10)6-14(11,12)9(3,4)5/h7H,6H2,1-5H3. The molecule has 0 aromatic rings. The molecule has 0 aliphatic heterocycles. The molecule has 0 aromatic carbocycles. The van der Waals surface area contributed by atoms with Crippen LogP contribution in [0.5, 0.6) is 0 Å². The van der Waals surface area contributed by atoms with E-state index in [2.05, 4.69) is 0 Å². The molecule has 84 valence electrons. The van der Waals surface area contributed by atoms with Crippen LogP contribution in [-0.2, 0) is 19.4 Å². The molecular formula is C9H18O4S. The van der Waals surface area contributed by atoms with Crippen LogP contribution in [0.2, 0.25) is 0 Å². The minimum absolute atomic E-state index is 0.280. The fraction of sp³-hybridized carbons (Fsp3) is 0.889. The zero-order valence-corrected chi connectivity index (χ0v) is 10.1. The van der Waals surface area contributed by atoms with E-state index in [1.165, 1.54) is 0 Å². The summed E-state index contributed by atoms with van der Waals surface area (Å²) in [7, 11) is -3.42. The van der Waals surface area contributed by atoms with Gasteiger partial charge in [-0.25, -0.2) is 8.42 Å². The average molecular weight is 222 g/mol. The molecule has 0 saturated heterocycles. The first kappa shape index (κ1) is 13.4. The van der Waals surface area contributed by atoms with Gasteiger partial charge in [-0.2, -0.15) is 0 Å². The summed E-state index contributed by atoms with van der Waals surface area (Å²) in [5.74, 6) is -1.23. The van der Waals surface area contributed by atoms with Gasteiger partial charge >= 0.3 is 5.97 Å². The molecule has 0 atom stereocenters. The molecule has 0 unspecified atom stereocenters. The van der Waals surface area contributed by atoms with Crippen LogP contribution in [0.15, 0.2) is 0 Å². The molecule has 0 fully saturated rings. The molecule has 0 N–H and O–H groups in total. The van der Waals surface area contributed by atoms with Gasteiger partial charge in [0.1, 0.15) is 5.75 Å². The smallest absolute Gasteiger partial charge is 0.321 e. The first-order valence-electron chi connectivity index (χ1n) is 4.48. The summed E-state index contributed by atoms with van der Waals surface area (Å²) in [6, 6.07) is 0. The van der Waals surface area contributed by atoms with E-state index < -0.39 is 26.3 Å². The Bertz CT molecular complexity index is 295. The third kappa shape index (κ3) is 4.09. The first-order chi connectivity index (χ1) is 6.06. The molecule has 0 bridgehead atoms. The van der Waals surface area contributed by atoms with Crippen molar-refractivity contribution in [2.45, 2.75) is 45.5 Å².